The second kappa shape index (κ2) is 5.06. The van der Waals surface area contributed by atoms with Gasteiger partial charge >= 0.3 is 0 Å². The SMILES string of the molecule is COc1cccc2c(N3C4CCC3CC(Cl)C4)nccc12. The third-order valence-electron chi connectivity index (χ3n) is 4.89. The third-order valence-corrected chi connectivity index (χ3v) is 5.24. The highest BCUT2D eigenvalue weighted by atomic mass is 35.5. The van der Waals surface area contributed by atoms with E-state index in [1.54, 1.807) is 7.11 Å². The molecule has 2 aliphatic heterocycles. The molecule has 3 nitrogen and oxygen atoms in total. The number of pyridine rings is 1. The number of methoxy groups -OCH3 is 1. The predicted molar refractivity (Wildman–Crippen MR) is 86.5 cm³/mol. The first kappa shape index (κ1) is 13.2. The summed E-state index contributed by atoms with van der Waals surface area (Å²) in [6, 6.07) is 9.31. The number of ether oxygens (including phenoxy) is 1. The third kappa shape index (κ3) is 2.06. The van der Waals surface area contributed by atoms with E-state index in [4.69, 9.17) is 21.3 Å². The number of aromatic nitrogens is 1. The van der Waals surface area contributed by atoms with E-state index in [0.29, 0.717) is 17.5 Å². The first-order chi connectivity index (χ1) is 10.3. The van der Waals surface area contributed by atoms with Crippen LogP contribution in [0.1, 0.15) is 25.7 Å². The van der Waals surface area contributed by atoms with Gasteiger partial charge in [-0.3, -0.25) is 0 Å². The van der Waals surface area contributed by atoms with Crippen molar-refractivity contribution in [2.24, 2.45) is 0 Å². The molecule has 2 saturated heterocycles. The average molecular weight is 303 g/mol. The lowest BCUT2D eigenvalue weighted by Gasteiger charge is -2.38. The number of hydrogen-bond acceptors (Lipinski definition) is 3. The number of fused-ring (bicyclic) bond motifs is 3. The van der Waals surface area contributed by atoms with Crippen molar-refractivity contribution in [3.63, 3.8) is 0 Å². The van der Waals surface area contributed by atoms with Crippen molar-refractivity contribution >= 4 is 28.2 Å². The van der Waals surface area contributed by atoms with Gasteiger partial charge in [0.25, 0.3) is 0 Å². The fourth-order valence-electron chi connectivity index (χ4n) is 4.00. The number of alkyl halides is 1. The largest absolute Gasteiger partial charge is 0.496 e. The molecule has 2 aliphatic rings. The molecule has 0 amide bonds. The van der Waals surface area contributed by atoms with Gasteiger partial charge < -0.3 is 9.64 Å². The highest BCUT2D eigenvalue weighted by Gasteiger charge is 2.41. The topological polar surface area (TPSA) is 25.4 Å². The summed E-state index contributed by atoms with van der Waals surface area (Å²) in [6.07, 6.45) is 6.50. The highest BCUT2D eigenvalue weighted by molar-refractivity contribution is 6.20. The smallest absolute Gasteiger partial charge is 0.137 e. The molecule has 2 fully saturated rings. The number of nitrogens with zero attached hydrogens (tertiary/aromatic N) is 2. The second-order valence-electron chi connectivity index (χ2n) is 6.05. The van der Waals surface area contributed by atoms with Crippen molar-refractivity contribution in [2.75, 3.05) is 12.0 Å². The molecule has 2 bridgehead atoms. The monoisotopic (exact) mass is 302 g/mol. The summed E-state index contributed by atoms with van der Waals surface area (Å²) in [5.41, 5.74) is 0. The van der Waals surface area contributed by atoms with Crippen LogP contribution in [0.25, 0.3) is 10.8 Å². The molecule has 21 heavy (non-hydrogen) atoms. The summed E-state index contributed by atoms with van der Waals surface area (Å²) < 4.78 is 5.49. The number of benzene rings is 1. The Morgan fingerprint density at radius 1 is 1.14 bits per heavy atom. The second-order valence-corrected chi connectivity index (χ2v) is 6.67. The number of halogens is 1. The Morgan fingerprint density at radius 2 is 1.90 bits per heavy atom. The Balaban J connectivity index is 1.84. The van der Waals surface area contributed by atoms with Crippen molar-refractivity contribution in [2.45, 2.75) is 43.1 Å². The van der Waals surface area contributed by atoms with Gasteiger partial charge in [-0.1, -0.05) is 12.1 Å². The minimum absolute atomic E-state index is 0.322. The fourth-order valence-corrected chi connectivity index (χ4v) is 4.41. The number of anilines is 1. The summed E-state index contributed by atoms with van der Waals surface area (Å²) in [5, 5.41) is 2.64. The van der Waals surface area contributed by atoms with Crippen LogP contribution in [-0.2, 0) is 0 Å². The Labute approximate surface area is 129 Å². The minimum Gasteiger partial charge on any atom is -0.496 e. The first-order valence-corrected chi connectivity index (χ1v) is 8.05. The van der Waals surface area contributed by atoms with Crippen LogP contribution in [0, 0.1) is 0 Å². The van der Waals surface area contributed by atoms with Crippen LogP contribution < -0.4 is 9.64 Å². The standard InChI is InChI=1S/C17H19ClN2O/c1-21-16-4-2-3-15-14(16)7-8-19-17(15)20-12-5-6-13(20)10-11(18)9-12/h2-4,7-8,11-13H,5-6,9-10H2,1H3. The molecular weight excluding hydrogens is 284 g/mol. The van der Waals surface area contributed by atoms with Gasteiger partial charge in [-0.25, -0.2) is 4.98 Å². The van der Waals surface area contributed by atoms with Gasteiger partial charge in [0.15, 0.2) is 0 Å². The molecule has 3 heterocycles. The zero-order chi connectivity index (χ0) is 14.4. The van der Waals surface area contributed by atoms with Crippen LogP contribution in [-0.4, -0.2) is 29.6 Å². The Kier molecular flexibility index (Phi) is 3.18. The highest BCUT2D eigenvalue weighted by Crippen LogP contribution is 2.43. The van der Waals surface area contributed by atoms with Gasteiger partial charge in [0.05, 0.1) is 7.11 Å². The molecule has 0 aliphatic carbocycles. The van der Waals surface area contributed by atoms with Crippen LogP contribution in [0.2, 0.25) is 0 Å². The molecule has 0 radical (unpaired) electrons. The van der Waals surface area contributed by atoms with Crippen molar-refractivity contribution in [3.05, 3.63) is 30.5 Å². The molecule has 0 N–H and O–H groups in total. The van der Waals surface area contributed by atoms with E-state index in [1.807, 2.05) is 24.4 Å². The maximum Gasteiger partial charge on any atom is 0.137 e. The molecule has 1 aromatic heterocycles. The zero-order valence-electron chi connectivity index (χ0n) is 12.1. The summed E-state index contributed by atoms with van der Waals surface area (Å²) in [5.74, 6) is 2.01. The summed E-state index contributed by atoms with van der Waals surface area (Å²) in [6.45, 7) is 0. The summed E-state index contributed by atoms with van der Waals surface area (Å²) in [7, 11) is 1.72. The van der Waals surface area contributed by atoms with E-state index in [2.05, 4.69) is 11.0 Å². The molecule has 4 heteroatoms. The van der Waals surface area contributed by atoms with Crippen LogP contribution in [0.3, 0.4) is 0 Å². The number of rotatable bonds is 2. The molecule has 110 valence electrons. The van der Waals surface area contributed by atoms with Gasteiger partial charge in [0.1, 0.15) is 11.6 Å². The van der Waals surface area contributed by atoms with Gasteiger partial charge in [0.2, 0.25) is 0 Å². The normalized spacial score (nSPS) is 28.1. The maximum absolute atomic E-state index is 6.40. The Bertz CT molecular complexity index is 661. The molecule has 1 aromatic carbocycles. The lowest BCUT2D eigenvalue weighted by atomic mass is 10.0. The lowest BCUT2D eigenvalue weighted by Crippen LogP contribution is -2.44. The fraction of sp³-hybridized carbons (Fsp3) is 0.471. The van der Waals surface area contributed by atoms with Crippen LogP contribution >= 0.6 is 11.6 Å². The van der Waals surface area contributed by atoms with E-state index < -0.39 is 0 Å². The molecule has 0 spiro atoms. The van der Waals surface area contributed by atoms with Crippen molar-refractivity contribution in [3.8, 4) is 5.75 Å². The average Bonchev–Trinajstić information content (AvgIpc) is 2.77. The molecule has 0 saturated carbocycles. The molecule has 2 aromatic rings. The predicted octanol–water partition coefficient (Wildman–Crippen LogP) is 3.98. The summed E-state index contributed by atoms with van der Waals surface area (Å²) in [4.78, 5) is 7.21. The first-order valence-electron chi connectivity index (χ1n) is 7.62. The van der Waals surface area contributed by atoms with Crippen LogP contribution in [0.4, 0.5) is 5.82 Å². The lowest BCUT2D eigenvalue weighted by molar-refractivity contribution is 0.419. The minimum atomic E-state index is 0.322. The van der Waals surface area contributed by atoms with Gasteiger partial charge in [-0.15, -0.1) is 11.6 Å². The number of piperidine rings is 1. The van der Waals surface area contributed by atoms with Crippen molar-refractivity contribution in [1.29, 1.82) is 0 Å². The maximum atomic E-state index is 6.40. The Hall–Kier alpha value is -1.48. The molecule has 2 unspecified atom stereocenters. The van der Waals surface area contributed by atoms with Crippen molar-refractivity contribution < 1.29 is 4.74 Å². The number of hydrogen-bond donors (Lipinski definition) is 0. The van der Waals surface area contributed by atoms with Crippen molar-refractivity contribution in [1.82, 2.24) is 4.98 Å². The van der Waals surface area contributed by atoms with Crippen LogP contribution in [0.5, 0.6) is 5.75 Å². The van der Waals surface area contributed by atoms with E-state index >= 15 is 0 Å². The van der Waals surface area contributed by atoms with E-state index in [9.17, 15) is 0 Å². The zero-order valence-corrected chi connectivity index (χ0v) is 12.9. The van der Waals surface area contributed by atoms with Gasteiger partial charge in [-0.05, 0) is 37.8 Å². The van der Waals surface area contributed by atoms with E-state index in [-0.39, 0.29) is 0 Å². The quantitative estimate of drug-likeness (QED) is 0.785. The van der Waals surface area contributed by atoms with E-state index in [0.717, 1.165) is 29.8 Å². The van der Waals surface area contributed by atoms with Gasteiger partial charge in [-0.2, -0.15) is 0 Å². The molecule has 2 atom stereocenters. The van der Waals surface area contributed by atoms with Gasteiger partial charge in [0, 0.05) is 34.4 Å². The molecular formula is C17H19ClN2O. The van der Waals surface area contributed by atoms with E-state index in [1.165, 1.54) is 18.2 Å². The Morgan fingerprint density at radius 3 is 2.62 bits per heavy atom. The van der Waals surface area contributed by atoms with Crippen LogP contribution in [0.15, 0.2) is 30.5 Å². The summed E-state index contributed by atoms with van der Waals surface area (Å²) >= 11 is 6.40. The molecule has 4 rings (SSSR count).